The molecule has 6 nitrogen and oxygen atoms in total. The van der Waals surface area contributed by atoms with Crippen molar-refractivity contribution in [1.29, 1.82) is 0 Å². The molecule has 1 aromatic heterocycles. The van der Waals surface area contributed by atoms with Crippen molar-refractivity contribution in [2.24, 2.45) is 0 Å². The molecule has 1 aromatic carbocycles. The van der Waals surface area contributed by atoms with E-state index in [1.807, 2.05) is 0 Å². The molecule has 0 saturated heterocycles. The molecule has 20 heavy (non-hydrogen) atoms. The Kier molecular flexibility index (Phi) is 4.34. The zero-order chi connectivity index (χ0) is 14.7. The molecule has 0 aliphatic carbocycles. The highest BCUT2D eigenvalue weighted by atomic mass is 35.5. The van der Waals surface area contributed by atoms with Gasteiger partial charge in [-0.15, -0.1) is 11.6 Å². The van der Waals surface area contributed by atoms with E-state index in [0.29, 0.717) is 34.5 Å². The molecule has 108 valence electrons. The molecule has 1 heterocycles. The Morgan fingerprint density at radius 3 is 2.15 bits per heavy atom. The van der Waals surface area contributed by atoms with E-state index in [9.17, 15) is 0 Å². The molecular weight excluding hydrogens is 284 g/mol. The number of aromatic nitrogens is 2. The lowest BCUT2D eigenvalue weighted by Gasteiger charge is -2.11. The Labute approximate surface area is 121 Å². The lowest BCUT2D eigenvalue weighted by atomic mass is 10.1. The van der Waals surface area contributed by atoms with Crippen LogP contribution in [0.3, 0.4) is 0 Å². The molecule has 0 bridgehead atoms. The maximum absolute atomic E-state index is 5.92. The smallest absolute Gasteiger partial charge is 0.261 e. The normalized spacial score (nSPS) is 12.1. The van der Waals surface area contributed by atoms with Gasteiger partial charge in [0.05, 0.1) is 32.3 Å². The fourth-order valence-corrected chi connectivity index (χ4v) is 1.79. The van der Waals surface area contributed by atoms with Gasteiger partial charge in [-0.05, 0) is 6.92 Å². The number of benzene rings is 1. The first-order chi connectivity index (χ1) is 9.60. The zero-order valence-electron chi connectivity index (χ0n) is 11.6. The number of halogens is 1. The van der Waals surface area contributed by atoms with Crippen LogP contribution in [0.2, 0.25) is 0 Å². The topological polar surface area (TPSA) is 66.6 Å². The minimum absolute atomic E-state index is 0.310. The lowest BCUT2D eigenvalue weighted by Crippen LogP contribution is -1.95. The first-order valence-corrected chi connectivity index (χ1v) is 6.32. The molecule has 1 atom stereocenters. The fourth-order valence-electron chi connectivity index (χ4n) is 1.70. The van der Waals surface area contributed by atoms with E-state index in [1.165, 1.54) is 0 Å². The number of alkyl halides is 1. The molecule has 7 heteroatoms. The molecule has 0 fully saturated rings. The van der Waals surface area contributed by atoms with Gasteiger partial charge in [0, 0.05) is 12.1 Å². The Morgan fingerprint density at radius 2 is 1.65 bits per heavy atom. The summed E-state index contributed by atoms with van der Waals surface area (Å²) in [5.41, 5.74) is 0.612. The predicted molar refractivity (Wildman–Crippen MR) is 73.7 cm³/mol. The Bertz CT molecular complexity index is 598. The number of nitrogens with zero attached hydrogens (tertiary/aromatic N) is 2. The number of hydrogen-bond acceptors (Lipinski definition) is 6. The van der Waals surface area contributed by atoms with Gasteiger partial charge in [-0.3, -0.25) is 0 Å². The molecule has 1 unspecified atom stereocenters. The van der Waals surface area contributed by atoms with Crippen molar-refractivity contribution < 1.29 is 18.7 Å². The number of methoxy groups -OCH3 is 3. The number of hydrogen-bond donors (Lipinski definition) is 0. The van der Waals surface area contributed by atoms with Crippen LogP contribution in [-0.2, 0) is 0 Å². The summed E-state index contributed by atoms with van der Waals surface area (Å²) in [5, 5.41) is 3.49. The van der Waals surface area contributed by atoms with Gasteiger partial charge in [-0.25, -0.2) is 0 Å². The van der Waals surface area contributed by atoms with Crippen LogP contribution in [0.4, 0.5) is 0 Å². The van der Waals surface area contributed by atoms with Gasteiger partial charge >= 0.3 is 0 Å². The third kappa shape index (κ3) is 2.65. The quantitative estimate of drug-likeness (QED) is 0.790. The zero-order valence-corrected chi connectivity index (χ0v) is 12.4. The summed E-state index contributed by atoms with van der Waals surface area (Å²) >= 11 is 5.92. The summed E-state index contributed by atoms with van der Waals surface area (Å²) in [5.74, 6) is 2.37. The van der Waals surface area contributed by atoms with Gasteiger partial charge in [-0.2, -0.15) is 4.98 Å². The number of ether oxygens (including phenoxy) is 3. The van der Waals surface area contributed by atoms with Gasteiger partial charge in [0.1, 0.15) is 5.75 Å². The SMILES string of the molecule is COc1cc(OC)c(-c2nc(C(C)Cl)no2)cc1OC. The van der Waals surface area contributed by atoms with E-state index in [-0.39, 0.29) is 5.38 Å². The van der Waals surface area contributed by atoms with E-state index in [1.54, 1.807) is 40.4 Å². The fraction of sp³-hybridized carbons (Fsp3) is 0.385. The van der Waals surface area contributed by atoms with Gasteiger partial charge in [0.25, 0.3) is 5.89 Å². The highest BCUT2D eigenvalue weighted by Gasteiger charge is 2.19. The summed E-state index contributed by atoms with van der Waals surface area (Å²) in [6.07, 6.45) is 0. The summed E-state index contributed by atoms with van der Waals surface area (Å²) in [7, 11) is 4.65. The highest BCUT2D eigenvalue weighted by Crippen LogP contribution is 2.39. The van der Waals surface area contributed by atoms with Crippen LogP contribution < -0.4 is 14.2 Å². The van der Waals surface area contributed by atoms with E-state index in [4.69, 9.17) is 30.3 Å². The summed E-state index contributed by atoms with van der Waals surface area (Å²) in [4.78, 5) is 4.23. The van der Waals surface area contributed by atoms with Crippen molar-refractivity contribution >= 4 is 11.6 Å². The van der Waals surface area contributed by atoms with Crippen molar-refractivity contribution in [2.75, 3.05) is 21.3 Å². The van der Waals surface area contributed by atoms with E-state index in [0.717, 1.165) is 0 Å². The van der Waals surface area contributed by atoms with Crippen molar-refractivity contribution in [2.45, 2.75) is 12.3 Å². The molecule has 0 spiro atoms. The molecule has 0 radical (unpaired) electrons. The highest BCUT2D eigenvalue weighted by molar-refractivity contribution is 6.20. The minimum atomic E-state index is -0.335. The molecule has 2 aromatic rings. The van der Waals surface area contributed by atoms with Crippen molar-refractivity contribution in [3.8, 4) is 28.7 Å². The second-order valence-corrected chi connectivity index (χ2v) is 4.64. The van der Waals surface area contributed by atoms with Gasteiger partial charge in [0.2, 0.25) is 0 Å². The second kappa shape index (κ2) is 6.00. The molecule has 0 saturated carbocycles. The van der Waals surface area contributed by atoms with Crippen molar-refractivity contribution in [3.05, 3.63) is 18.0 Å². The van der Waals surface area contributed by atoms with Crippen LogP contribution in [0.1, 0.15) is 18.1 Å². The Morgan fingerprint density at radius 1 is 1.05 bits per heavy atom. The first-order valence-electron chi connectivity index (χ1n) is 5.88. The van der Waals surface area contributed by atoms with Gasteiger partial charge in [-0.1, -0.05) is 5.16 Å². The van der Waals surface area contributed by atoms with E-state index < -0.39 is 0 Å². The van der Waals surface area contributed by atoms with Crippen LogP contribution in [0.5, 0.6) is 17.2 Å². The standard InChI is InChI=1S/C13H15ClN2O4/c1-7(14)12-15-13(20-16-12)8-5-10(18-3)11(19-4)6-9(8)17-2/h5-7H,1-4H3. The van der Waals surface area contributed by atoms with Gasteiger partial charge in [0.15, 0.2) is 17.3 Å². The van der Waals surface area contributed by atoms with E-state index in [2.05, 4.69) is 10.1 Å². The molecule has 0 amide bonds. The van der Waals surface area contributed by atoms with Crippen LogP contribution in [-0.4, -0.2) is 31.5 Å². The Balaban J connectivity index is 2.53. The van der Waals surface area contributed by atoms with Crippen LogP contribution in [0.15, 0.2) is 16.7 Å². The third-order valence-corrected chi connectivity index (χ3v) is 2.93. The summed E-state index contributed by atoms with van der Waals surface area (Å²) in [6.45, 7) is 1.77. The predicted octanol–water partition coefficient (Wildman–Crippen LogP) is 3.06. The molecule has 0 N–H and O–H groups in total. The molecule has 0 aliphatic heterocycles. The molecular formula is C13H15ClN2O4. The third-order valence-electron chi connectivity index (χ3n) is 2.73. The largest absolute Gasteiger partial charge is 0.496 e. The second-order valence-electron chi connectivity index (χ2n) is 3.98. The van der Waals surface area contributed by atoms with Crippen molar-refractivity contribution in [1.82, 2.24) is 10.1 Å². The average Bonchev–Trinajstić information content (AvgIpc) is 2.95. The summed E-state index contributed by atoms with van der Waals surface area (Å²) in [6, 6.07) is 3.41. The minimum Gasteiger partial charge on any atom is -0.496 e. The molecule has 2 rings (SSSR count). The van der Waals surface area contributed by atoms with Crippen LogP contribution in [0, 0.1) is 0 Å². The molecule has 0 aliphatic rings. The van der Waals surface area contributed by atoms with Crippen molar-refractivity contribution in [3.63, 3.8) is 0 Å². The summed E-state index contributed by atoms with van der Waals surface area (Å²) < 4.78 is 21.0. The Hall–Kier alpha value is -1.95. The van der Waals surface area contributed by atoms with E-state index >= 15 is 0 Å². The van der Waals surface area contributed by atoms with Gasteiger partial charge < -0.3 is 18.7 Å². The monoisotopic (exact) mass is 298 g/mol. The average molecular weight is 299 g/mol. The van der Waals surface area contributed by atoms with Crippen LogP contribution >= 0.6 is 11.6 Å². The lowest BCUT2D eigenvalue weighted by molar-refractivity contribution is 0.348. The maximum atomic E-state index is 5.92. The first kappa shape index (κ1) is 14.5. The maximum Gasteiger partial charge on any atom is 0.261 e. The van der Waals surface area contributed by atoms with Crippen LogP contribution in [0.25, 0.3) is 11.5 Å². The number of rotatable bonds is 5.